The van der Waals surface area contributed by atoms with E-state index >= 15 is 0 Å². The monoisotopic (exact) mass is 146 g/mol. The standard InChI is InChI=1S/C4H8O.C4H10O/c5-4-2-1-3-4;1-2-3-4-5/h4-5H,1-3H2;5H,2-4H2,1H3. The Hall–Kier alpha value is -0.0800. The molecular weight excluding hydrogens is 128 g/mol. The molecule has 1 aliphatic rings. The van der Waals surface area contributed by atoms with Crippen LogP contribution in [0.15, 0.2) is 0 Å². The normalized spacial score (nSPS) is 17.1. The van der Waals surface area contributed by atoms with Gasteiger partial charge in [0.2, 0.25) is 0 Å². The molecule has 0 radical (unpaired) electrons. The molecule has 0 unspecified atom stereocenters. The summed E-state index contributed by atoms with van der Waals surface area (Å²) in [5.41, 5.74) is 0. The first-order valence-electron chi connectivity index (χ1n) is 4.10. The van der Waals surface area contributed by atoms with Crippen LogP contribution >= 0.6 is 0 Å². The van der Waals surface area contributed by atoms with Crippen LogP contribution < -0.4 is 0 Å². The summed E-state index contributed by atoms with van der Waals surface area (Å²) in [5, 5.41) is 16.5. The molecule has 0 saturated heterocycles. The molecule has 0 aromatic rings. The Kier molecular flexibility index (Phi) is 6.98. The van der Waals surface area contributed by atoms with E-state index < -0.39 is 0 Å². The first-order chi connectivity index (χ1) is 4.81. The maximum atomic E-state index is 8.45. The lowest BCUT2D eigenvalue weighted by molar-refractivity contribution is 0.0950. The predicted octanol–water partition coefficient (Wildman–Crippen LogP) is 1.31. The molecule has 1 fully saturated rings. The third-order valence-electron chi connectivity index (χ3n) is 1.59. The quantitative estimate of drug-likeness (QED) is 0.616. The van der Waals surface area contributed by atoms with Crippen molar-refractivity contribution >= 4 is 0 Å². The molecule has 0 spiro atoms. The van der Waals surface area contributed by atoms with E-state index in [1.807, 2.05) is 0 Å². The Morgan fingerprint density at radius 1 is 1.40 bits per heavy atom. The number of hydrogen-bond donors (Lipinski definition) is 2. The van der Waals surface area contributed by atoms with Crippen LogP contribution in [0.2, 0.25) is 0 Å². The molecule has 0 aliphatic heterocycles. The molecule has 1 saturated carbocycles. The van der Waals surface area contributed by atoms with E-state index in [0.717, 1.165) is 25.7 Å². The molecule has 1 rings (SSSR count). The van der Waals surface area contributed by atoms with Gasteiger partial charge in [-0.3, -0.25) is 0 Å². The molecule has 0 heterocycles. The van der Waals surface area contributed by atoms with E-state index in [2.05, 4.69) is 6.92 Å². The van der Waals surface area contributed by atoms with Crippen molar-refractivity contribution < 1.29 is 10.2 Å². The summed E-state index contributed by atoms with van der Waals surface area (Å²) in [4.78, 5) is 0. The molecule has 0 amide bonds. The second-order valence-electron chi connectivity index (χ2n) is 2.66. The van der Waals surface area contributed by atoms with Crippen LogP contribution in [0.5, 0.6) is 0 Å². The lowest BCUT2D eigenvalue weighted by Crippen LogP contribution is -2.15. The van der Waals surface area contributed by atoms with Gasteiger partial charge in [-0.15, -0.1) is 0 Å². The van der Waals surface area contributed by atoms with Crippen LogP contribution in [0.4, 0.5) is 0 Å². The van der Waals surface area contributed by atoms with Crippen LogP contribution in [0.1, 0.15) is 39.0 Å². The first kappa shape index (κ1) is 9.92. The van der Waals surface area contributed by atoms with Gasteiger partial charge in [-0.1, -0.05) is 13.3 Å². The highest BCUT2D eigenvalue weighted by Gasteiger charge is 2.11. The second-order valence-corrected chi connectivity index (χ2v) is 2.66. The van der Waals surface area contributed by atoms with Crippen LogP contribution in [0, 0.1) is 0 Å². The number of rotatable bonds is 2. The van der Waals surface area contributed by atoms with E-state index in [0.29, 0.717) is 6.61 Å². The zero-order valence-electron chi connectivity index (χ0n) is 6.71. The van der Waals surface area contributed by atoms with Crippen molar-refractivity contribution in [2.45, 2.75) is 45.1 Å². The van der Waals surface area contributed by atoms with Crippen molar-refractivity contribution in [1.82, 2.24) is 0 Å². The fraction of sp³-hybridized carbons (Fsp3) is 1.00. The van der Waals surface area contributed by atoms with Crippen molar-refractivity contribution in [3.8, 4) is 0 Å². The second kappa shape index (κ2) is 7.03. The number of unbranched alkanes of at least 4 members (excludes halogenated alkanes) is 1. The van der Waals surface area contributed by atoms with Gasteiger partial charge >= 0.3 is 0 Å². The van der Waals surface area contributed by atoms with Crippen molar-refractivity contribution in [2.24, 2.45) is 0 Å². The van der Waals surface area contributed by atoms with Crippen LogP contribution in [-0.4, -0.2) is 22.9 Å². The maximum Gasteiger partial charge on any atom is 0.0540 e. The first-order valence-corrected chi connectivity index (χ1v) is 4.10. The molecule has 10 heavy (non-hydrogen) atoms. The molecule has 0 aromatic heterocycles. The predicted molar refractivity (Wildman–Crippen MR) is 41.9 cm³/mol. The summed E-state index contributed by atoms with van der Waals surface area (Å²) < 4.78 is 0. The molecule has 2 heteroatoms. The SMILES string of the molecule is CCCCO.OC1CCC1. The molecule has 0 bridgehead atoms. The van der Waals surface area contributed by atoms with Gasteiger partial charge in [0.15, 0.2) is 0 Å². The zero-order chi connectivity index (χ0) is 7.82. The van der Waals surface area contributed by atoms with Gasteiger partial charge in [-0.2, -0.15) is 0 Å². The molecule has 0 aromatic carbocycles. The molecule has 62 valence electrons. The highest BCUT2D eigenvalue weighted by Crippen LogP contribution is 2.16. The summed E-state index contributed by atoms with van der Waals surface area (Å²) in [7, 11) is 0. The van der Waals surface area contributed by atoms with Crippen molar-refractivity contribution in [2.75, 3.05) is 6.61 Å². The highest BCUT2D eigenvalue weighted by molar-refractivity contribution is 4.65. The van der Waals surface area contributed by atoms with Gasteiger partial charge in [-0.25, -0.2) is 0 Å². The van der Waals surface area contributed by atoms with E-state index in [1.165, 1.54) is 6.42 Å². The van der Waals surface area contributed by atoms with Crippen LogP contribution in [0.3, 0.4) is 0 Å². The fourth-order valence-electron chi connectivity index (χ4n) is 0.545. The molecule has 0 atom stereocenters. The Balaban J connectivity index is 0.000000162. The fourth-order valence-corrected chi connectivity index (χ4v) is 0.545. The lowest BCUT2D eigenvalue weighted by Gasteiger charge is -2.17. The lowest BCUT2D eigenvalue weighted by atomic mass is 9.97. The van der Waals surface area contributed by atoms with Crippen LogP contribution in [-0.2, 0) is 0 Å². The van der Waals surface area contributed by atoms with E-state index in [1.54, 1.807) is 0 Å². The van der Waals surface area contributed by atoms with Crippen molar-refractivity contribution in [1.29, 1.82) is 0 Å². The Morgan fingerprint density at radius 3 is 1.90 bits per heavy atom. The van der Waals surface area contributed by atoms with Crippen LogP contribution in [0.25, 0.3) is 0 Å². The third kappa shape index (κ3) is 6.05. The number of aliphatic hydroxyl groups excluding tert-OH is 2. The van der Waals surface area contributed by atoms with Gasteiger partial charge in [0.25, 0.3) is 0 Å². The molecule has 2 N–H and O–H groups in total. The average Bonchev–Trinajstić information content (AvgIpc) is 1.87. The minimum Gasteiger partial charge on any atom is -0.396 e. The largest absolute Gasteiger partial charge is 0.396 e. The summed E-state index contributed by atoms with van der Waals surface area (Å²) in [5.74, 6) is 0. The number of hydrogen-bond acceptors (Lipinski definition) is 2. The number of aliphatic hydroxyl groups is 2. The molecule has 2 nitrogen and oxygen atoms in total. The van der Waals surface area contributed by atoms with Gasteiger partial charge in [-0.05, 0) is 25.7 Å². The smallest absolute Gasteiger partial charge is 0.0540 e. The van der Waals surface area contributed by atoms with Gasteiger partial charge in [0.05, 0.1) is 6.10 Å². The van der Waals surface area contributed by atoms with E-state index in [-0.39, 0.29) is 6.10 Å². The van der Waals surface area contributed by atoms with Gasteiger partial charge < -0.3 is 10.2 Å². The van der Waals surface area contributed by atoms with Crippen molar-refractivity contribution in [3.63, 3.8) is 0 Å². The summed E-state index contributed by atoms with van der Waals surface area (Å²) in [6.07, 6.45) is 5.42. The summed E-state index contributed by atoms with van der Waals surface area (Å²) in [6, 6.07) is 0. The van der Waals surface area contributed by atoms with Gasteiger partial charge in [0.1, 0.15) is 0 Å². The van der Waals surface area contributed by atoms with E-state index in [4.69, 9.17) is 10.2 Å². The summed E-state index contributed by atoms with van der Waals surface area (Å²) >= 11 is 0. The topological polar surface area (TPSA) is 40.5 Å². The highest BCUT2D eigenvalue weighted by atomic mass is 16.3. The average molecular weight is 146 g/mol. The van der Waals surface area contributed by atoms with Gasteiger partial charge in [0, 0.05) is 6.61 Å². The minimum atomic E-state index is 0.0648. The Labute approximate surface area is 62.9 Å². The molecule has 1 aliphatic carbocycles. The minimum absolute atomic E-state index is 0.0648. The maximum absolute atomic E-state index is 8.45. The summed E-state index contributed by atoms with van der Waals surface area (Å²) in [6.45, 7) is 2.40. The Morgan fingerprint density at radius 2 is 1.90 bits per heavy atom. The van der Waals surface area contributed by atoms with Crippen molar-refractivity contribution in [3.05, 3.63) is 0 Å². The molecular formula is C8H18O2. The Bertz CT molecular complexity index is 58.3. The third-order valence-corrected chi connectivity index (χ3v) is 1.59. The van der Waals surface area contributed by atoms with E-state index in [9.17, 15) is 0 Å². The zero-order valence-corrected chi connectivity index (χ0v) is 6.71.